The molecule has 0 spiro atoms. The summed E-state index contributed by atoms with van der Waals surface area (Å²) in [6, 6.07) is 3.71. The molecular formula is C14H23NO3S. The molecule has 5 heteroatoms. The predicted octanol–water partition coefficient (Wildman–Crippen LogP) is 2.77. The minimum Gasteiger partial charge on any atom is -0.455 e. The number of amides is 1. The highest BCUT2D eigenvalue weighted by Crippen LogP contribution is 2.18. The molecular weight excluding hydrogens is 262 g/mol. The van der Waals surface area contributed by atoms with Gasteiger partial charge in [-0.3, -0.25) is 4.79 Å². The third-order valence-corrected chi connectivity index (χ3v) is 3.72. The van der Waals surface area contributed by atoms with E-state index in [1.807, 2.05) is 26.2 Å². The van der Waals surface area contributed by atoms with Crippen LogP contribution in [-0.2, 0) is 5.75 Å². The maximum absolute atomic E-state index is 12.4. The van der Waals surface area contributed by atoms with Gasteiger partial charge in [-0.05, 0) is 31.2 Å². The largest absolute Gasteiger partial charge is 0.455 e. The standard InChI is InChI=1S/C14H23NO3S/c1-4-11(5-2)15(8-9-16)14(17)13-7-6-12(18-13)10-19-3/h6-7,11,16H,4-5,8-10H2,1-3H3. The molecule has 1 rings (SSSR count). The Kier molecular flexibility index (Phi) is 7.02. The molecule has 0 saturated carbocycles. The second-order valence-electron chi connectivity index (χ2n) is 4.39. The number of carbonyl (C=O) groups excluding carboxylic acids is 1. The van der Waals surface area contributed by atoms with Crippen LogP contribution < -0.4 is 0 Å². The molecule has 4 nitrogen and oxygen atoms in total. The lowest BCUT2D eigenvalue weighted by Gasteiger charge is -2.29. The molecule has 0 aliphatic rings. The van der Waals surface area contributed by atoms with Gasteiger partial charge in [0.05, 0.1) is 12.4 Å². The van der Waals surface area contributed by atoms with Crippen LogP contribution in [0.1, 0.15) is 43.0 Å². The number of thioether (sulfide) groups is 1. The Balaban J connectivity index is 2.85. The molecule has 1 aromatic heterocycles. The van der Waals surface area contributed by atoms with Crippen LogP contribution >= 0.6 is 11.8 Å². The molecule has 0 aliphatic carbocycles. The van der Waals surface area contributed by atoms with Crippen molar-refractivity contribution in [2.75, 3.05) is 19.4 Å². The minimum atomic E-state index is -0.130. The smallest absolute Gasteiger partial charge is 0.289 e. The molecule has 0 aromatic carbocycles. The van der Waals surface area contributed by atoms with Gasteiger partial charge in [0, 0.05) is 12.6 Å². The van der Waals surface area contributed by atoms with E-state index in [1.54, 1.807) is 22.7 Å². The quantitative estimate of drug-likeness (QED) is 0.798. The third-order valence-electron chi connectivity index (χ3n) is 3.14. The third kappa shape index (κ3) is 4.28. The van der Waals surface area contributed by atoms with E-state index in [9.17, 15) is 4.79 Å². The summed E-state index contributed by atoms with van der Waals surface area (Å²) >= 11 is 1.66. The van der Waals surface area contributed by atoms with Crippen molar-refractivity contribution in [2.24, 2.45) is 0 Å². The fourth-order valence-corrected chi connectivity index (χ4v) is 2.58. The number of nitrogens with zero attached hydrogens (tertiary/aromatic N) is 1. The molecule has 0 atom stereocenters. The molecule has 0 bridgehead atoms. The van der Waals surface area contributed by atoms with Gasteiger partial charge < -0.3 is 14.4 Å². The Morgan fingerprint density at radius 3 is 2.63 bits per heavy atom. The molecule has 0 unspecified atom stereocenters. The number of rotatable bonds is 8. The second kappa shape index (κ2) is 8.27. The predicted molar refractivity (Wildman–Crippen MR) is 78.4 cm³/mol. The highest BCUT2D eigenvalue weighted by molar-refractivity contribution is 7.97. The number of furan rings is 1. The molecule has 0 radical (unpaired) electrons. The summed E-state index contributed by atoms with van der Waals surface area (Å²) < 4.78 is 5.56. The van der Waals surface area contributed by atoms with Crippen LogP contribution in [0.25, 0.3) is 0 Å². The highest BCUT2D eigenvalue weighted by atomic mass is 32.2. The van der Waals surface area contributed by atoms with Gasteiger partial charge in [-0.2, -0.15) is 11.8 Å². The van der Waals surface area contributed by atoms with Crippen molar-refractivity contribution >= 4 is 17.7 Å². The lowest BCUT2D eigenvalue weighted by molar-refractivity contribution is 0.0589. The van der Waals surface area contributed by atoms with E-state index in [0.717, 1.165) is 24.4 Å². The van der Waals surface area contributed by atoms with Crippen LogP contribution in [0.3, 0.4) is 0 Å². The first-order valence-electron chi connectivity index (χ1n) is 6.67. The van der Waals surface area contributed by atoms with Crippen LogP contribution in [0, 0.1) is 0 Å². The van der Waals surface area contributed by atoms with Crippen molar-refractivity contribution in [1.82, 2.24) is 4.90 Å². The number of hydrogen-bond acceptors (Lipinski definition) is 4. The van der Waals surface area contributed by atoms with Crippen molar-refractivity contribution in [2.45, 2.75) is 38.5 Å². The molecule has 1 heterocycles. The van der Waals surface area contributed by atoms with Crippen LogP contribution in [0.15, 0.2) is 16.5 Å². The lowest BCUT2D eigenvalue weighted by Crippen LogP contribution is -2.41. The van der Waals surface area contributed by atoms with Gasteiger partial charge in [0.2, 0.25) is 0 Å². The Bertz CT molecular complexity index is 388. The minimum absolute atomic E-state index is 0.0272. The molecule has 0 fully saturated rings. The van der Waals surface area contributed by atoms with Crippen LogP contribution in [0.2, 0.25) is 0 Å². The SMILES string of the molecule is CCC(CC)N(CCO)C(=O)c1ccc(CSC)o1. The number of aliphatic hydroxyl groups is 1. The molecule has 108 valence electrons. The average molecular weight is 285 g/mol. The van der Waals surface area contributed by atoms with E-state index in [0.29, 0.717) is 12.3 Å². The van der Waals surface area contributed by atoms with Crippen LogP contribution in [-0.4, -0.2) is 41.4 Å². The maximum Gasteiger partial charge on any atom is 0.289 e. The molecule has 1 amide bonds. The summed E-state index contributed by atoms with van der Waals surface area (Å²) in [5, 5.41) is 9.13. The average Bonchev–Trinajstić information content (AvgIpc) is 2.87. The normalized spacial score (nSPS) is 11.0. The Labute approximate surface area is 119 Å². The zero-order valence-electron chi connectivity index (χ0n) is 11.9. The Morgan fingerprint density at radius 2 is 2.11 bits per heavy atom. The fourth-order valence-electron chi connectivity index (χ4n) is 2.14. The van der Waals surface area contributed by atoms with Crippen molar-refractivity contribution in [3.63, 3.8) is 0 Å². The van der Waals surface area contributed by atoms with Gasteiger partial charge in [0.1, 0.15) is 5.76 Å². The van der Waals surface area contributed by atoms with Crippen LogP contribution in [0.5, 0.6) is 0 Å². The first kappa shape index (κ1) is 16.1. The van der Waals surface area contributed by atoms with Crippen molar-refractivity contribution in [3.8, 4) is 0 Å². The Hall–Kier alpha value is -0.940. The number of aliphatic hydroxyl groups excluding tert-OH is 1. The molecule has 1 N–H and O–H groups in total. The zero-order chi connectivity index (χ0) is 14.3. The van der Waals surface area contributed by atoms with Crippen molar-refractivity contribution in [1.29, 1.82) is 0 Å². The molecule has 1 aromatic rings. The van der Waals surface area contributed by atoms with E-state index in [-0.39, 0.29) is 18.6 Å². The van der Waals surface area contributed by atoms with Gasteiger partial charge in [0.15, 0.2) is 5.76 Å². The zero-order valence-corrected chi connectivity index (χ0v) is 12.7. The Morgan fingerprint density at radius 1 is 1.42 bits per heavy atom. The number of carbonyl (C=O) groups is 1. The summed E-state index contributed by atoms with van der Waals surface area (Å²) in [5.41, 5.74) is 0. The monoisotopic (exact) mass is 285 g/mol. The molecule has 0 saturated heterocycles. The first-order valence-corrected chi connectivity index (χ1v) is 8.06. The van der Waals surface area contributed by atoms with Crippen molar-refractivity contribution in [3.05, 3.63) is 23.7 Å². The summed E-state index contributed by atoms with van der Waals surface area (Å²) in [4.78, 5) is 14.1. The maximum atomic E-state index is 12.4. The summed E-state index contributed by atoms with van der Waals surface area (Å²) in [5.74, 6) is 1.81. The van der Waals surface area contributed by atoms with Gasteiger partial charge in [-0.15, -0.1) is 0 Å². The lowest BCUT2D eigenvalue weighted by atomic mass is 10.1. The summed E-state index contributed by atoms with van der Waals surface area (Å²) in [6.45, 7) is 4.42. The number of hydrogen-bond donors (Lipinski definition) is 1. The highest BCUT2D eigenvalue weighted by Gasteiger charge is 2.24. The summed E-state index contributed by atoms with van der Waals surface area (Å²) in [6.07, 6.45) is 3.74. The molecule has 19 heavy (non-hydrogen) atoms. The first-order chi connectivity index (χ1) is 9.17. The topological polar surface area (TPSA) is 53.7 Å². The van der Waals surface area contributed by atoms with Crippen LogP contribution in [0.4, 0.5) is 0 Å². The van der Waals surface area contributed by atoms with Gasteiger partial charge in [-0.1, -0.05) is 13.8 Å². The van der Waals surface area contributed by atoms with Gasteiger partial charge in [-0.25, -0.2) is 0 Å². The van der Waals surface area contributed by atoms with E-state index in [4.69, 9.17) is 9.52 Å². The van der Waals surface area contributed by atoms with E-state index < -0.39 is 0 Å². The molecule has 0 aliphatic heterocycles. The van der Waals surface area contributed by atoms with E-state index >= 15 is 0 Å². The van der Waals surface area contributed by atoms with Crippen molar-refractivity contribution < 1.29 is 14.3 Å². The fraction of sp³-hybridized carbons (Fsp3) is 0.643. The van der Waals surface area contributed by atoms with E-state index in [1.165, 1.54) is 0 Å². The van der Waals surface area contributed by atoms with E-state index in [2.05, 4.69) is 0 Å². The second-order valence-corrected chi connectivity index (χ2v) is 5.26. The van der Waals surface area contributed by atoms with Gasteiger partial charge >= 0.3 is 0 Å². The summed E-state index contributed by atoms with van der Waals surface area (Å²) in [7, 11) is 0. The van der Waals surface area contributed by atoms with Gasteiger partial charge in [0.25, 0.3) is 5.91 Å².